The van der Waals surface area contributed by atoms with E-state index in [9.17, 15) is 5.11 Å². The summed E-state index contributed by atoms with van der Waals surface area (Å²) in [5.74, 6) is 6.31. The van der Waals surface area contributed by atoms with Gasteiger partial charge in [-0.2, -0.15) is 0 Å². The standard InChI is InChI=1S/C29H50O/c1-7-21(19(2)3)9-8-20(4)25-12-13-26-24-11-10-22-18-23(30)14-16-28(22,5)27(24)15-17-29(25,26)6/h10,19-21,23-27,30H,7-9,11-18H2,1-6H3/t20-,21-,23-,24+,25+,26-,27+,28-,29+/m0/s1. The number of hydrogen-bond donors (Lipinski definition) is 1. The molecule has 4 aliphatic carbocycles. The zero-order valence-corrected chi connectivity index (χ0v) is 20.9. The first-order chi connectivity index (χ1) is 14.2. The summed E-state index contributed by atoms with van der Waals surface area (Å²) < 4.78 is 0. The van der Waals surface area contributed by atoms with Gasteiger partial charge in [-0.15, -0.1) is 0 Å². The maximum Gasteiger partial charge on any atom is 0.0577 e. The normalized spacial score (nSPS) is 45.3. The van der Waals surface area contributed by atoms with Crippen LogP contribution in [0, 0.1) is 52.3 Å². The average molecular weight is 415 g/mol. The minimum absolute atomic E-state index is 0.0794. The van der Waals surface area contributed by atoms with Gasteiger partial charge in [0.05, 0.1) is 6.10 Å². The van der Waals surface area contributed by atoms with E-state index in [0.717, 1.165) is 54.3 Å². The lowest BCUT2D eigenvalue weighted by Crippen LogP contribution is -2.50. The summed E-state index contributed by atoms with van der Waals surface area (Å²) in [5, 5.41) is 10.2. The fourth-order valence-electron chi connectivity index (χ4n) is 9.30. The van der Waals surface area contributed by atoms with Crippen LogP contribution >= 0.6 is 0 Å². The van der Waals surface area contributed by atoms with Crippen LogP contribution in [0.15, 0.2) is 11.6 Å². The number of fused-ring (bicyclic) bond motifs is 5. The Morgan fingerprint density at radius 1 is 1.00 bits per heavy atom. The van der Waals surface area contributed by atoms with E-state index in [2.05, 4.69) is 47.6 Å². The molecule has 0 aromatic carbocycles. The number of aliphatic hydroxyl groups is 1. The number of allylic oxidation sites excluding steroid dienone is 1. The Hall–Kier alpha value is -0.300. The Labute approximate surface area is 187 Å². The van der Waals surface area contributed by atoms with E-state index in [0.29, 0.717) is 10.8 Å². The second kappa shape index (κ2) is 8.57. The van der Waals surface area contributed by atoms with Gasteiger partial charge in [0.25, 0.3) is 0 Å². The molecule has 0 aromatic heterocycles. The summed E-state index contributed by atoms with van der Waals surface area (Å²) in [6, 6.07) is 0. The van der Waals surface area contributed by atoms with Crippen molar-refractivity contribution in [2.75, 3.05) is 0 Å². The van der Waals surface area contributed by atoms with Gasteiger partial charge in [-0.1, -0.05) is 66.0 Å². The van der Waals surface area contributed by atoms with Gasteiger partial charge in [0, 0.05) is 0 Å². The van der Waals surface area contributed by atoms with Crippen LogP contribution in [0.25, 0.3) is 0 Å². The molecular formula is C29H50O. The summed E-state index contributed by atoms with van der Waals surface area (Å²) in [4.78, 5) is 0. The van der Waals surface area contributed by atoms with Crippen molar-refractivity contribution in [1.82, 2.24) is 0 Å². The van der Waals surface area contributed by atoms with Crippen molar-refractivity contribution in [2.24, 2.45) is 52.3 Å². The van der Waals surface area contributed by atoms with Gasteiger partial charge in [0.15, 0.2) is 0 Å². The predicted octanol–water partition coefficient (Wildman–Crippen LogP) is 8.02. The highest BCUT2D eigenvalue weighted by molar-refractivity contribution is 5.25. The first kappa shape index (κ1) is 22.9. The lowest BCUT2D eigenvalue weighted by Gasteiger charge is -2.58. The summed E-state index contributed by atoms with van der Waals surface area (Å²) >= 11 is 0. The molecule has 172 valence electrons. The van der Waals surface area contributed by atoms with Gasteiger partial charge in [-0.3, -0.25) is 0 Å². The molecule has 0 aliphatic heterocycles. The highest BCUT2D eigenvalue weighted by atomic mass is 16.3. The van der Waals surface area contributed by atoms with Gasteiger partial charge < -0.3 is 5.11 Å². The molecule has 3 fully saturated rings. The second-order valence-electron chi connectivity index (χ2n) is 12.9. The van der Waals surface area contributed by atoms with E-state index >= 15 is 0 Å². The Morgan fingerprint density at radius 3 is 2.47 bits per heavy atom. The molecule has 0 unspecified atom stereocenters. The molecule has 0 saturated heterocycles. The number of hydrogen-bond acceptors (Lipinski definition) is 1. The molecular weight excluding hydrogens is 364 g/mol. The molecule has 9 atom stereocenters. The van der Waals surface area contributed by atoms with E-state index in [1.807, 2.05) is 0 Å². The predicted molar refractivity (Wildman–Crippen MR) is 128 cm³/mol. The largest absolute Gasteiger partial charge is 0.393 e. The molecule has 0 radical (unpaired) electrons. The zero-order chi connectivity index (χ0) is 21.7. The first-order valence-corrected chi connectivity index (χ1v) is 13.6. The van der Waals surface area contributed by atoms with Crippen molar-refractivity contribution < 1.29 is 5.11 Å². The molecule has 0 amide bonds. The first-order valence-electron chi connectivity index (χ1n) is 13.6. The van der Waals surface area contributed by atoms with E-state index in [1.54, 1.807) is 5.57 Å². The molecule has 0 spiro atoms. The van der Waals surface area contributed by atoms with Crippen molar-refractivity contribution >= 4 is 0 Å². The van der Waals surface area contributed by atoms with E-state index in [-0.39, 0.29) is 6.10 Å². The molecule has 3 saturated carbocycles. The van der Waals surface area contributed by atoms with E-state index in [4.69, 9.17) is 0 Å². The number of aliphatic hydroxyl groups excluding tert-OH is 1. The zero-order valence-electron chi connectivity index (χ0n) is 20.9. The van der Waals surface area contributed by atoms with Crippen LogP contribution in [0.2, 0.25) is 0 Å². The third-order valence-electron chi connectivity index (χ3n) is 11.3. The highest BCUT2D eigenvalue weighted by Crippen LogP contribution is 2.67. The van der Waals surface area contributed by atoms with Crippen LogP contribution in [0.5, 0.6) is 0 Å². The molecule has 1 nitrogen and oxygen atoms in total. The average Bonchev–Trinajstić information content (AvgIpc) is 3.06. The monoisotopic (exact) mass is 414 g/mol. The summed E-state index contributed by atoms with van der Waals surface area (Å²) in [6.07, 6.45) is 17.1. The molecule has 0 heterocycles. The summed E-state index contributed by atoms with van der Waals surface area (Å²) in [7, 11) is 0. The minimum Gasteiger partial charge on any atom is -0.393 e. The maximum atomic E-state index is 10.2. The highest BCUT2D eigenvalue weighted by Gasteiger charge is 2.59. The second-order valence-corrected chi connectivity index (χ2v) is 12.9. The quantitative estimate of drug-likeness (QED) is 0.436. The van der Waals surface area contributed by atoms with Crippen molar-refractivity contribution in [3.05, 3.63) is 11.6 Å². The maximum absolute atomic E-state index is 10.2. The fourth-order valence-corrected chi connectivity index (χ4v) is 9.30. The minimum atomic E-state index is -0.0794. The molecule has 30 heavy (non-hydrogen) atoms. The molecule has 1 heteroatoms. The van der Waals surface area contributed by atoms with Crippen molar-refractivity contribution in [3.8, 4) is 0 Å². The number of rotatable bonds is 6. The van der Waals surface area contributed by atoms with Crippen molar-refractivity contribution in [3.63, 3.8) is 0 Å². The summed E-state index contributed by atoms with van der Waals surface area (Å²) in [6.45, 7) is 15.1. The Bertz CT molecular complexity index is 634. The van der Waals surface area contributed by atoms with Crippen LogP contribution in [0.3, 0.4) is 0 Å². The van der Waals surface area contributed by atoms with E-state index in [1.165, 1.54) is 57.8 Å². The van der Waals surface area contributed by atoms with Crippen LogP contribution in [0.4, 0.5) is 0 Å². The van der Waals surface area contributed by atoms with Crippen molar-refractivity contribution in [1.29, 1.82) is 0 Å². The van der Waals surface area contributed by atoms with Crippen LogP contribution in [0.1, 0.15) is 112 Å². The molecule has 4 aliphatic rings. The van der Waals surface area contributed by atoms with Crippen LogP contribution < -0.4 is 0 Å². The Balaban J connectivity index is 1.47. The summed E-state index contributed by atoms with van der Waals surface area (Å²) in [5.41, 5.74) is 2.59. The van der Waals surface area contributed by atoms with Gasteiger partial charge in [0.2, 0.25) is 0 Å². The van der Waals surface area contributed by atoms with Gasteiger partial charge in [-0.05, 0) is 110 Å². The smallest absolute Gasteiger partial charge is 0.0577 e. The molecule has 0 bridgehead atoms. The molecule has 0 aromatic rings. The molecule has 4 rings (SSSR count). The third-order valence-corrected chi connectivity index (χ3v) is 11.3. The lowest BCUT2D eigenvalue weighted by atomic mass is 9.47. The fraction of sp³-hybridized carbons (Fsp3) is 0.931. The Morgan fingerprint density at radius 2 is 1.77 bits per heavy atom. The van der Waals surface area contributed by atoms with Crippen molar-refractivity contribution in [2.45, 2.75) is 118 Å². The van der Waals surface area contributed by atoms with E-state index < -0.39 is 0 Å². The Kier molecular flexibility index (Phi) is 6.53. The SMILES string of the molecule is CC[C@@H](CC[C@H](C)[C@H]1CC[C@H]2[C@H]3CC=C4C[C@@H](O)CC[C@]4(C)[C@@H]3CC[C@]12C)C(C)C. The molecule has 1 N–H and O–H groups in total. The topological polar surface area (TPSA) is 20.2 Å². The van der Waals surface area contributed by atoms with Gasteiger partial charge >= 0.3 is 0 Å². The van der Waals surface area contributed by atoms with Gasteiger partial charge in [-0.25, -0.2) is 0 Å². The van der Waals surface area contributed by atoms with Gasteiger partial charge in [0.1, 0.15) is 0 Å². The van der Waals surface area contributed by atoms with Crippen LogP contribution in [-0.4, -0.2) is 11.2 Å². The lowest BCUT2D eigenvalue weighted by molar-refractivity contribution is -0.0575. The van der Waals surface area contributed by atoms with Crippen LogP contribution in [-0.2, 0) is 0 Å². The third kappa shape index (κ3) is 3.74.